The highest BCUT2D eigenvalue weighted by atomic mass is 35.5. The first-order chi connectivity index (χ1) is 16.0. The van der Waals surface area contributed by atoms with Gasteiger partial charge in [0.15, 0.2) is 6.10 Å². The van der Waals surface area contributed by atoms with Crippen LogP contribution in [0.1, 0.15) is 67.6 Å². The zero-order valence-electron chi connectivity index (χ0n) is 17.9. The van der Waals surface area contributed by atoms with E-state index in [-0.39, 0.29) is 42.0 Å². The first-order valence-electron chi connectivity index (χ1n) is 11.2. The molecular formula is C23H22ClF3N2O5. The average molecular weight is 499 g/mol. The van der Waals surface area contributed by atoms with Crippen LogP contribution < -0.4 is 10.1 Å². The maximum atomic E-state index is 12.9. The first-order valence-corrected chi connectivity index (χ1v) is 11.6. The molecule has 0 unspecified atom stereocenters. The van der Waals surface area contributed by atoms with Gasteiger partial charge < -0.3 is 19.7 Å². The lowest BCUT2D eigenvalue weighted by atomic mass is 9.38. The second-order valence-corrected chi connectivity index (χ2v) is 10.5. The highest BCUT2D eigenvalue weighted by Gasteiger charge is 2.70. The number of aliphatic hydroxyl groups is 1. The molecule has 0 radical (unpaired) electrons. The van der Waals surface area contributed by atoms with Crippen molar-refractivity contribution in [3.05, 3.63) is 46.3 Å². The van der Waals surface area contributed by atoms with E-state index in [0.717, 1.165) is 5.69 Å². The van der Waals surface area contributed by atoms with Crippen LogP contribution in [0, 0.1) is 0 Å². The number of carbonyl (C=O) groups is 1. The monoisotopic (exact) mass is 498 g/mol. The summed E-state index contributed by atoms with van der Waals surface area (Å²) in [4.78, 5) is 12.9. The van der Waals surface area contributed by atoms with E-state index in [2.05, 4.69) is 15.2 Å². The highest BCUT2D eigenvalue weighted by molar-refractivity contribution is 6.30. The molecule has 34 heavy (non-hydrogen) atoms. The van der Waals surface area contributed by atoms with Crippen LogP contribution in [0.3, 0.4) is 0 Å². The molecule has 4 fully saturated rings. The summed E-state index contributed by atoms with van der Waals surface area (Å²) in [6.45, 7) is 0. The molecule has 11 heteroatoms. The van der Waals surface area contributed by atoms with E-state index in [9.17, 15) is 23.1 Å². The number of rotatable bonds is 5. The van der Waals surface area contributed by atoms with E-state index >= 15 is 0 Å². The van der Waals surface area contributed by atoms with Crippen LogP contribution in [0.15, 0.2) is 28.8 Å². The van der Waals surface area contributed by atoms with Crippen LogP contribution in [0.2, 0.25) is 5.02 Å². The molecule has 2 heterocycles. The minimum Gasteiger partial charge on any atom is -0.480 e. The Bertz CT molecular complexity index is 1130. The first kappa shape index (κ1) is 22.2. The molecule has 7 rings (SSSR count). The van der Waals surface area contributed by atoms with Crippen LogP contribution in [-0.2, 0) is 14.9 Å². The number of carbonyl (C=O) groups excluding carboxylic acids is 1. The van der Waals surface area contributed by atoms with Gasteiger partial charge in [-0.25, -0.2) is 0 Å². The maximum Gasteiger partial charge on any atom is 0.522 e. The maximum absolute atomic E-state index is 12.9. The molecule has 1 aromatic carbocycles. The number of hydrogen-bond donors (Lipinski definition) is 2. The van der Waals surface area contributed by atoms with Gasteiger partial charge in [-0.3, -0.25) is 9.53 Å². The van der Waals surface area contributed by atoms with Gasteiger partial charge >= 0.3 is 6.36 Å². The summed E-state index contributed by atoms with van der Waals surface area (Å²) in [7, 11) is 0. The summed E-state index contributed by atoms with van der Waals surface area (Å²) in [5.41, 5.74) is 0.865. The predicted octanol–water partition coefficient (Wildman–Crippen LogP) is 4.29. The van der Waals surface area contributed by atoms with E-state index in [1.807, 2.05) is 6.07 Å². The third-order valence-corrected chi connectivity index (χ3v) is 7.85. The molecule has 5 aliphatic rings. The van der Waals surface area contributed by atoms with Crippen molar-refractivity contribution in [2.45, 2.75) is 80.1 Å². The van der Waals surface area contributed by atoms with Gasteiger partial charge in [0.05, 0.1) is 17.9 Å². The lowest BCUT2D eigenvalue weighted by Gasteiger charge is -2.69. The molecule has 1 aliphatic heterocycles. The minimum absolute atomic E-state index is 0.123. The van der Waals surface area contributed by atoms with Crippen LogP contribution in [0.5, 0.6) is 5.75 Å². The normalized spacial score (nSPS) is 35.8. The van der Waals surface area contributed by atoms with E-state index in [0.29, 0.717) is 41.4 Å². The van der Waals surface area contributed by atoms with Crippen molar-refractivity contribution in [3.8, 4) is 5.75 Å². The number of aliphatic hydroxyl groups excluding tert-OH is 1. The second-order valence-electron chi connectivity index (χ2n) is 10.1. The van der Waals surface area contributed by atoms with Crippen molar-refractivity contribution in [1.82, 2.24) is 10.5 Å². The molecule has 182 valence electrons. The highest BCUT2D eigenvalue weighted by Crippen LogP contribution is 2.67. The number of aromatic nitrogens is 1. The number of hydrogen-bond acceptors (Lipinski definition) is 6. The number of amides is 1. The molecule has 4 saturated carbocycles. The van der Waals surface area contributed by atoms with Crippen LogP contribution in [0.25, 0.3) is 0 Å². The van der Waals surface area contributed by atoms with Gasteiger partial charge in [-0.2, -0.15) is 0 Å². The Morgan fingerprint density at radius 3 is 2.65 bits per heavy atom. The lowest BCUT2D eigenvalue weighted by Crippen LogP contribution is -2.77. The lowest BCUT2D eigenvalue weighted by molar-refractivity contribution is -0.352. The number of alkyl halides is 3. The fourth-order valence-corrected chi connectivity index (χ4v) is 6.11. The summed E-state index contributed by atoms with van der Waals surface area (Å²) in [6, 6.07) is 6.78. The predicted molar refractivity (Wildman–Crippen MR) is 111 cm³/mol. The number of fused-ring (bicyclic) bond motifs is 1. The third-order valence-electron chi connectivity index (χ3n) is 7.62. The van der Waals surface area contributed by atoms with Crippen molar-refractivity contribution in [2.24, 2.45) is 0 Å². The zero-order valence-corrected chi connectivity index (χ0v) is 18.7. The summed E-state index contributed by atoms with van der Waals surface area (Å²) in [6.07, 6.45) is -4.30. The van der Waals surface area contributed by atoms with Crippen LogP contribution in [-0.4, -0.2) is 40.3 Å². The average Bonchev–Trinajstić information content (AvgIpc) is 3.14. The van der Waals surface area contributed by atoms with E-state index in [4.69, 9.17) is 20.9 Å². The number of benzene rings is 1. The van der Waals surface area contributed by atoms with Crippen LogP contribution >= 0.6 is 11.6 Å². The number of nitrogens with zero attached hydrogens (tertiary/aromatic N) is 1. The second kappa shape index (κ2) is 7.35. The molecule has 2 N–H and O–H groups in total. The Labute approximate surface area is 197 Å². The smallest absolute Gasteiger partial charge is 0.480 e. The van der Waals surface area contributed by atoms with Crippen molar-refractivity contribution < 1.29 is 37.1 Å². The molecule has 7 nitrogen and oxygen atoms in total. The molecule has 1 amide bonds. The number of nitrogens with one attached hydrogen (secondary N) is 1. The Balaban J connectivity index is 1.03. The summed E-state index contributed by atoms with van der Waals surface area (Å²) in [5.74, 6) is 0.649. The molecule has 2 bridgehead atoms. The SMILES string of the molecule is O=C(NC12CC(c3cc(C4CC(OC(F)(F)F)C4)on3)(C1)C2)[C@@H]1C[C@@H](O)c2cc(Cl)ccc2O1. The molecular weight excluding hydrogens is 477 g/mol. The minimum atomic E-state index is -4.62. The quantitative estimate of drug-likeness (QED) is 0.639. The van der Waals surface area contributed by atoms with Gasteiger partial charge in [0.2, 0.25) is 0 Å². The Kier molecular flexibility index (Phi) is 4.80. The molecule has 1 aromatic heterocycles. The molecule has 2 aromatic rings. The number of ether oxygens (including phenoxy) is 2. The topological polar surface area (TPSA) is 93.8 Å². The summed E-state index contributed by atoms with van der Waals surface area (Å²) < 4.78 is 52.2. The van der Waals surface area contributed by atoms with Gasteiger partial charge in [-0.05, 0) is 50.3 Å². The number of halogens is 4. The van der Waals surface area contributed by atoms with Crippen molar-refractivity contribution >= 4 is 17.5 Å². The van der Waals surface area contributed by atoms with Crippen molar-refractivity contribution in [2.75, 3.05) is 0 Å². The fourth-order valence-electron chi connectivity index (χ4n) is 5.93. The summed E-state index contributed by atoms with van der Waals surface area (Å²) in [5, 5.41) is 18.2. The van der Waals surface area contributed by atoms with E-state index < -0.39 is 24.7 Å². The van der Waals surface area contributed by atoms with Crippen LogP contribution in [0.4, 0.5) is 13.2 Å². The standard InChI is InChI=1S/C23H22ClF3N2O5/c24-12-1-2-16-14(5-12)15(30)6-18(32-16)20(31)28-22-8-21(9-22,10-22)19-7-17(34-29-19)11-3-13(4-11)33-23(25,26)27/h1-2,5,7,11,13,15,18,30H,3-4,6,8-10H2,(H,28,31)/t11?,13?,15-,18+,21?,22?/m1/s1. The van der Waals surface area contributed by atoms with Crippen molar-refractivity contribution in [1.29, 1.82) is 0 Å². The molecule has 2 atom stereocenters. The van der Waals surface area contributed by atoms with Gasteiger partial charge in [0.1, 0.15) is 11.5 Å². The zero-order chi connectivity index (χ0) is 23.9. The van der Waals surface area contributed by atoms with E-state index in [1.165, 1.54) is 0 Å². The molecule has 0 saturated heterocycles. The molecule has 4 aliphatic carbocycles. The van der Waals surface area contributed by atoms with Gasteiger partial charge in [-0.15, -0.1) is 13.2 Å². The van der Waals surface area contributed by atoms with Gasteiger partial charge in [0.25, 0.3) is 5.91 Å². The fraction of sp³-hybridized carbons (Fsp3) is 0.565. The van der Waals surface area contributed by atoms with Crippen molar-refractivity contribution in [3.63, 3.8) is 0 Å². The van der Waals surface area contributed by atoms with E-state index in [1.54, 1.807) is 18.2 Å². The Morgan fingerprint density at radius 1 is 1.21 bits per heavy atom. The molecule has 0 spiro atoms. The largest absolute Gasteiger partial charge is 0.522 e. The summed E-state index contributed by atoms with van der Waals surface area (Å²) >= 11 is 5.98. The Morgan fingerprint density at radius 2 is 1.94 bits per heavy atom. The third kappa shape index (κ3) is 3.67. The Hall–Kier alpha value is -2.30. The van der Waals surface area contributed by atoms with Gasteiger partial charge in [0, 0.05) is 39.9 Å². The van der Waals surface area contributed by atoms with Gasteiger partial charge in [-0.1, -0.05) is 16.8 Å².